The van der Waals surface area contributed by atoms with Crippen molar-refractivity contribution < 1.29 is 31.9 Å². The summed E-state index contributed by atoms with van der Waals surface area (Å²) >= 11 is 0.698. The van der Waals surface area contributed by atoms with Crippen molar-refractivity contribution in [1.29, 1.82) is 0 Å². The van der Waals surface area contributed by atoms with E-state index in [2.05, 4.69) is 10.3 Å². The van der Waals surface area contributed by atoms with E-state index in [1.165, 1.54) is 36.4 Å². The molecule has 1 aromatic heterocycles. The summed E-state index contributed by atoms with van der Waals surface area (Å²) in [5, 5.41) is 2.03. The summed E-state index contributed by atoms with van der Waals surface area (Å²) in [5.74, 6) is -1.54. The second-order valence-electron chi connectivity index (χ2n) is 5.89. The lowest BCUT2D eigenvalue weighted by molar-refractivity contribution is -0.138. The maximum absolute atomic E-state index is 14.0. The molecule has 3 aromatic rings. The van der Waals surface area contributed by atoms with Crippen molar-refractivity contribution in [3.63, 3.8) is 0 Å². The molecule has 0 fully saturated rings. The highest BCUT2D eigenvalue weighted by Crippen LogP contribution is 2.35. The Morgan fingerprint density at radius 1 is 1.10 bits per heavy atom. The van der Waals surface area contributed by atoms with E-state index in [0.717, 1.165) is 6.07 Å². The predicted molar refractivity (Wildman–Crippen MR) is 100 cm³/mol. The number of amides is 2. The van der Waals surface area contributed by atoms with Gasteiger partial charge in [-0.2, -0.15) is 13.2 Å². The number of aromatic nitrogens is 1. The Kier molecular flexibility index (Phi) is 6.01. The minimum Gasteiger partial charge on any atom is -0.397 e. The Morgan fingerprint density at radius 3 is 2.43 bits per heavy atom. The minimum absolute atomic E-state index is 0.0326. The van der Waals surface area contributed by atoms with Gasteiger partial charge in [0, 0.05) is 12.1 Å². The molecule has 0 bridgehead atoms. The lowest BCUT2D eigenvalue weighted by Gasteiger charge is -2.13. The molecule has 1 heterocycles. The largest absolute Gasteiger partial charge is 0.416 e. The number of halogens is 4. The molecule has 0 saturated heterocycles. The van der Waals surface area contributed by atoms with E-state index in [-0.39, 0.29) is 21.2 Å². The first kappa shape index (κ1) is 21.2. The van der Waals surface area contributed by atoms with Crippen LogP contribution in [0.3, 0.4) is 0 Å². The summed E-state index contributed by atoms with van der Waals surface area (Å²) in [7, 11) is 0. The summed E-state index contributed by atoms with van der Waals surface area (Å²) in [4.78, 5) is 27.7. The summed E-state index contributed by atoms with van der Waals surface area (Å²) in [5.41, 5.74) is 3.58. The summed E-state index contributed by atoms with van der Waals surface area (Å²) in [6, 6.07) is 10.3. The van der Waals surface area contributed by atoms with Crippen LogP contribution in [0, 0.1) is 5.82 Å². The Morgan fingerprint density at radius 2 is 1.77 bits per heavy atom. The average Bonchev–Trinajstić information content (AvgIpc) is 3.09. The van der Waals surface area contributed by atoms with E-state index in [9.17, 15) is 27.2 Å². The highest BCUT2D eigenvalue weighted by Gasteiger charge is 2.33. The first-order valence-corrected chi connectivity index (χ1v) is 9.14. The molecule has 2 amide bonds. The molecule has 11 heteroatoms. The van der Waals surface area contributed by atoms with Gasteiger partial charge in [-0.1, -0.05) is 41.7 Å². The summed E-state index contributed by atoms with van der Waals surface area (Å²) < 4.78 is 58.1. The molecule has 0 unspecified atom stereocenters. The molecule has 3 rings (SSSR count). The fourth-order valence-electron chi connectivity index (χ4n) is 2.57. The van der Waals surface area contributed by atoms with Crippen molar-refractivity contribution in [3.05, 3.63) is 71.2 Å². The van der Waals surface area contributed by atoms with Gasteiger partial charge in [0.2, 0.25) is 5.06 Å². The van der Waals surface area contributed by atoms with Crippen LogP contribution in [0.1, 0.15) is 21.6 Å². The maximum atomic E-state index is 14.0. The SMILES string of the molecule is NC(=O)Oc1sc(-c2ccccc2F)nc1C(=O)NCc1ccccc1C(F)(F)F. The fraction of sp³-hybridized carbons (Fsp3) is 0.105. The number of hydrogen-bond acceptors (Lipinski definition) is 5. The topological polar surface area (TPSA) is 94.3 Å². The van der Waals surface area contributed by atoms with Gasteiger partial charge in [0.15, 0.2) is 5.69 Å². The van der Waals surface area contributed by atoms with Crippen LogP contribution < -0.4 is 15.8 Å². The van der Waals surface area contributed by atoms with Crippen LogP contribution in [0.2, 0.25) is 0 Å². The predicted octanol–water partition coefficient (Wildman–Crippen LogP) is 4.36. The zero-order chi connectivity index (χ0) is 21.9. The van der Waals surface area contributed by atoms with E-state index in [4.69, 9.17) is 10.5 Å². The number of alkyl halides is 3. The Hall–Kier alpha value is -3.47. The summed E-state index contributed by atoms with van der Waals surface area (Å²) in [6.07, 6.45) is -5.82. The van der Waals surface area contributed by atoms with Crippen molar-refractivity contribution in [2.75, 3.05) is 0 Å². The van der Waals surface area contributed by atoms with Gasteiger partial charge in [-0.15, -0.1) is 0 Å². The van der Waals surface area contributed by atoms with Gasteiger partial charge in [0.1, 0.15) is 10.8 Å². The Bertz CT molecular complexity index is 1100. The smallest absolute Gasteiger partial charge is 0.397 e. The average molecular weight is 439 g/mol. The van der Waals surface area contributed by atoms with Gasteiger partial charge in [-0.05, 0) is 23.8 Å². The third kappa shape index (κ3) is 4.74. The molecular weight excluding hydrogens is 426 g/mol. The van der Waals surface area contributed by atoms with E-state index in [1.54, 1.807) is 6.07 Å². The summed E-state index contributed by atoms with van der Waals surface area (Å²) in [6.45, 7) is -0.461. The molecule has 0 aliphatic carbocycles. The number of carbonyl (C=O) groups excluding carboxylic acids is 2. The first-order chi connectivity index (χ1) is 14.2. The van der Waals surface area contributed by atoms with Crippen LogP contribution in [-0.2, 0) is 12.7 Å². The molecule has 156 valence electrons. The number of rotatable bonds is 5. The van der Waals surface area contributed by atoms with Crippen LogP contribution in [0.15, 0.2) is 48.5 Å². The number of ether oxygens (including phenoxy) is 1. The monoisotopic (exact) mass is 439 g/mol. The van der Waals surface area contributed by atoms with E-state index < -0.39 is 41.8 Å². The van der Waals surface area contributed by atoms with E-state index >= 15 is 0 Å². The molecular formula is C19H13F4N3O3S. The van der Waals surface area contributed by atoms with Gasteiger partial charge in [0.05, 0.1) is 5.56 Å². The van der Waals surface area contributed by atoms with E-state index in [0.29, 0.717) is 11.3 Å². The number of nitrogens with zero attached hydrogens (tertiary/aromatic N) is 1. The molecule has 0 saturated carbocycles. The molecule has 6 nitrogen and oxygen atoms in total. The number of hydrogen-bond donors (Lipinski definition) is 2. The number of nitrogens with two attached hydrogens (primary N) is 1. The van der Waals surface area contributed by atoms with Gasteiger partial charge in [0.25, 0.3) is 5.91 Å². The van der Waals surface area contributed by atoms with Gasteiger partial charge < -0.3 is 15.8 Å². The number of benzene rings is 2. The van der Waals surface area contributed by atoms with Gasteiger partial charge in [-0.3, -0.25) is 4.79 Å². The van der Waals surface area contributed by atoms with Crippen LogP contribution in [0.5, 0.6) is 5.06 Å². The number of carbonyl (C=O) groups is 2. The van der Waals surface area contributed by atoms with Crippen LogP contribution in [0.25, 0.3) is 10.6 Å². The second kappa shape index (κ2) is 8.49. The van der Waals surface area contributed by atoms with Crippen molar-refractivity contribution in [1.82, 2.24) is 10.3 Å². The third-order valence-corrected chi connectivity index (χ3v) is 4.84. The van der Waals surface area contributed by atoms with Crippen LogP contribution >= 0.6 is 11.3 Å². The Labute approximate surface area is 171 Å². The second-order valence-corrected chi connectivity index (χ2v) is 6.86. The first-order valence-electron chi connectivity index (χ1n) is 8.33. The molecule has 0 atom stereocenters. The molecule has 0 radical (unpaired) electrons. The molecule has 0 spiro atoms. The molecule has 2 aromatic carbocycles. The van der Waals surface area contributed by atoms with Crippen molar-refractivity contribution in [3.8, 4) is 15.6 Å². The number of thiazole rings is 1. The maximum Gasteiger partial charge on any atom is 0.416 e. The molecule has 3 N–H and O–H groups in total. The fourth-order valence-corrected chi connectivity index (χ4v) is 3.52. The third-order valence-electron chi connectivity index (χ3n) is 3.87. The quantitative estimate of drug-likeness (QED) is 0.578. The Balaban J connectivity index is 1.89. The molecule has 0 aliphatic rings. The van der Waals surface area contributed by atoms with Crippen molar-refractivity contribution >= 4 is 23.3 Å². The number of nitrogens with one attached hydrogen (secondary N) is 1. The normalized spacial score (nSPS) is 11.2. The molecule has 0 aliphatic heterocycles. The van der Waals surface area contributed by atoms with E-state index in [1.807, 2.05) is 0 Å². The standard InChI is InChI=1S/C19H13F4N3O3S/c20-13-8-4-2-6-11(13)16-26-14(17(30-16)29-18(24)28)15(27)25-9-10-5-1-3-7-12(10)19(21,22)23/h1-8H,9H2,(H2,24,28)(H,25,27). The van der Waals surface area contributed by atoms with Crippen LogP contribution in [-0.4, -0.2) is 17.0 Å². The zero-order valence-electron chi connectivity index (χ0n) is 15.0. The van der Waals surface area contributed by atoms with Crippen LogP contribution in [0.4, 0.5) is 22.4 Å². The molecule has 30 heavy (non-hydrogen) atoms. The minimum atomic E-state index is -4.60. The highest BCUT2D eigenvalue weighted by molar-refractivity contribution is 7.17. The van der Waals surface area contributed by atoms with Gasteiger partial charge in [-0.25, -0.2) is 14.2 Å². The lowest BCUT2D eigenvalue weighted by Crippen LogP contribution is -2.26. The van der Waals surface area contributed by atoms with Crippen molar-refractivity contribution in [2.45, 2.75) is 12.7 Å². The highest BCUT2D eigenvalue weighted by atomic mass is 32.1. The zero-order valence-corrected chi connectivity index (χ0v) is 15.8. The van der Waals surface area contributed by atoms with Crippen molar-refractivity contribution in [2.24, 2.45) is 5.73 Å². The lowest BCUT2D eigenvalue weighted by atomic mass is 10.1. The number of primary amides is 1. The van der Waals surface area contributed by atoms with Gasteiger partial charge >= 0.3 is 12.3 Å².